The molecule has 4 rings (SSSR count). The van der Waals surface area contributed by atoms with Gasteiger partial charge in [0.15, 0.2) is 5.78 Å². The first-order valence-electron chi connectivity index (χ1n) is 9.12. The van der Waals surface area contributed by atoms with E-state index in [2.05, 4.69) is 56.4 Å². The van der Waals surface area contributed by atoms with Crippen LogP contribution >= 0.6 is 35.7 Å². The van der Waals surface area contributed by atoms with Gasteiger partial charge in [-0.3, -0.25) is 4.79 Å². The smallest absolute Gasteiger partial charge is 0.167 e. The van der Waals surface area contributed by atoms with Crippen LogP contribution in [-0.4, -0.2) is 16.2 Å². The lowest BCUT2D eigenvalue weighted by Crippen LogP contribution is -2.43. The van der Waals surface area contributed by atoms with Crippen molar-refractivity contribution in [1.82, 2.24) is 0 Å². The van der Waals surface area contributed by atoms with Crippen molar-refractivity contribution in [1.29, 1.82) is 0 Å². The van der Waals surface area contributed by atoms with Gasteiger partial charge in [0.2, 0.25) is 0 Å². The van der Waals surface area contributed by atoms with Gasteiger partial charge in [0.25, 0.3) is 0 Å². The maximum Gasteiger partial charge on any atom is 0.167 e. The van der Waals surface area contributed by atoms with Crippen molar-refractivity contribution in [2.45, 2.75) is 33.2 Å². The van der Waals surface area contributed by atoms with Gasteiger partial charge in [-0.2, -0.15) is 0 Å². The Morgan fingerprint density at radius 3 is 2.46 bits per heavy atom. The number of carbonyl (C=O) groups excluding carboxylic acids is 1. The molecule has 0 saturated heterocycles. The van der Waals surface area contributed by atoms with Crippen LogP contribution in [0.4, 0.5) is 5.69 Å². The molecule has 2 aliphatic rings. The van der Waals surface area contributed by atoms with Crippen molar-refractivity contribution < 1.29 is 4.79 Å². The van der Waals surface area contributed by atoms with E-state index in [1.165, 1.54) is 5.56 Å². The molecule has 0 bridgehead atoms. The third-order valence-electron chi connectivity index (χ3n) is 4.84. The number of nitrogens with one attached hydrogen (secondary N) is 1. The monoisotopic (exact) mass is 423 g/mol. The fraction of sp³-hybridized carbons (Fsp3) is 0.217. The van der Waals surface area contributed by atoms with E-state index in [9.17, 15) is 4.79 Å². The number of allylic oxidation sites excluding steroid dienone is 1. The van der Waals surface area contributed by atoms with Gasteiger partial charge in [0.05, 0.1) is 14.7 Å². The molecule has 0 aliphatic carbocycles. The molecule has 2 aliphatic heterocycles. The van der Waals surface area contributed by atoms with E-state index in [0.29, 0.717) is 0 Å². The van der Waals surface area contributed by atoms with E-state index in [1.807, 2.05) is 18.2 Å². The quantitative estimate of drug-likeness (QED) is 0.430. The van der Waals surface area contributed by atoms with Gasteiger partial charge >= 0.3 is 0 Å². The summed E-state index contributed by atoms with van der Waals surface area (Å²) in [5.74, 6) is 0.0928. The topological polar surface area (TPSA) is 29.1 Å². The van der Waals surface area contributed by atoms with Crippen molar-refractivity contribution in [3.8, 4) is 0 Å². The summed E-state index contributed by atoms with van der Waals surface area (Å²) in [6, 6.07) is 16.5. The van der Waals surface area contributed by atoms with E-state index in [4.69, 9.17) is 12.2 Å². The van der Waals surface area contributed by atoms with Gasteiger partial charge < -0.3 is 5.32 Å². The van der Waals surface area contributed by atoms with Crippen molar-refractivity contribution >= 4 is 62.6 Å². The summed E-state index contributed by atoms with van der Waals surface area (Å²) < 4.78 is 1.09. The number of hydrogen-bond donors (Lipinski definition) is 1. The Bertz CT molecular complexity index is 1060. The van der Waals surface area contributed by atoms with Crippen LogP contribution in [0.2, 0.25) is 0 Å². The lowest BCUT2D eigenvalue weighted by atomic mass is 9.85. The van der Waals surface area contributed by atoms with Crippen LogP contribution in [0.1, 0.15) is 37.5 Å². The first kappa shape index (κ1) is 19.5. The van der Waals surface area contributed by atoms with E-state index in [0.717, 1.165) is 41.3 Å². The second kappa shape index (κ2) is 7.21. The number of rotatable bonds is 2. The molecule has 0 radical (unpaired) electrons. The van der Waals surface area contributed by atoms with Gasteiger partial charge in [0.1, 0.15) is 0 Å². The summed E-state index contributed by atoms with van der Waals surface area (Å²) in [7, 11) is 0. The Kier molecular flexibility index (Phi) is 5.02. The molecule has 0 aromatic heterocycles. The fourth-order valence-corrected chi connectivity index (χ4v) is 6.58. The fourth-order valence-electron chi connectivity index (χ4n) is 3.42. The number of Topliss-reactive ketones (excluding diaryl/α,β-unsaturated/α-hetero) is 1. The Labute approximate surface area is 179 Å². The summed E-state index contributed by atoms with van der Waals surface area (Å²) in [5, 5.41) is 3.58. The highest BCUT2D eigenvalue weighted by molar-refractivity contribution is 8.32. The zero-order valence-electron chi connectivity index (χ0n) is 16.3. The largest absolute Gasteiger partial charge is 0.375 e. The number of carbonyl (C=O) groups is 1. The molecule has 0 amide bonds. The van der Waals surface area contributed by atoms with Gasteiger partial charge in [-0.05, 0) is 44.9 Å². The third kappa shape index (κ3) is 3.36. The standard InChI is InChI=1S/C23H21NOS3/c1-13-10-11-16-17(12-13)24-23(3,4)21(26)18(16)22-27-19(14(2)25)20(28-22)15-8-6-5-7-9-15/h5-12,24H,1-4H3/b22-18-. The summed E-state index contributed by atoms with van der Waals surface area (Å²) in [5.41, 5.74) is 5.24. The maximum absolute atomic E-state index is 12.4. The highest BCUT2D eigenvalue weighted by atomic mass is 32.2. The molecule has 2 aromatic rings. The molecule has 2 heterocycles. The second-order valence-electron chi connectivity index (χ2n) is 7.58. The Balaban J connectivity index is 1.88. The minimum Gasteiger partial charge on any atom is -0.375 e. The van der Waals surface area contributed by atoms with Crippen molar-refractivity contribution in [3.63, 3.8) is 0 Å². The molecule has 28 heavy (non-hydrogen) atoms. The van der Waals surface area contributed by atoms with E-state index in [1.54, 1.807) is 30.4 Å². The van der Waals surface area contributed by atoms with Gasteiger partial charge in [0, 0.05) is 26.6 Å². The van der Waals surface area contributed by atoms with Crippen molar-refractivity contribution in [2.75, 3.05) is 5.32 Å². The normalized spacial score (nSPS) is 20.8. The molecule has 0 spiro atoms. The van der Waals surface area contributed by atoms with Gasteiger partial charge in [-0.1, -0.05) is 78.2 Å². The predicted molar refractivity (Wildman–Crippen MR) is 128 cm³/mol. The predicted octanol–water partition coefficient (Wildman–Crippen LogP) is 6.68. The summed E-state index contributed by atoms with van der Waals surface area (Å²) in [4.78, 5) is 15.1. The number of hydrogen-bond acceptors (Lipinski definition) is 5. The summed E-state index contributed by atoms with van der Waals surface area (Å²) in [6.07, 6.45) is 0. The number of thioether (sulfide) groups is 2. The SMILES string of the molecule is CC(=O)C1=C(c2ccccc2)S/C(=C2\C(=S)C(C)(C)Nc3cc(C)ccc32)S1. The van der Waals surface area contributed by atoms with Crippen LogP contribution in [0, 0.1) is 6.92 Å². The highest BCUT2D eigenvalue weighted by Crippen LogP contribution is 2.57. The van der Waals surface area contributed by atoms with Gasteiger partial charge in [-0.25, -0.2) is 0 Å². The van der Waals surface area contributed by atoms with Crippen LogP contribution in [0.5, 0.6) is 0 Å². The minimum atomic E-state index is -0.328. The first-order valence-corrected chi connectivity index (χ1v) is 11.2. The van der Waals surface area contributed by atoms with Crippen LogP contribution in [0.25, 0.3) is 10.5 Å². The molecule has 1 N–H and O–H groups in total. The Morgan fingerprint density at radius 2 is 1.79 bits per heavy atom. The molecule has 2 nitrogen and oxygen atoms in total. The molecule has 0 unspecified atom stereocenters. The van der Waals surface area contributed by atoms with E-state index >= 15 is 0 Å². The number of ketones is 1. The first-order chi connectivity index (χ1) is 13.3. The average Bonchev–Trinajstić information content (AvgIpc) is 3.08. The summed E-state index contributed by atoms with van der Waals surface area (Å²) >= 11 is 9.14. The average molecular weight is 424 g/mol. The molecule has 5 heteroatoms. The van der Waals surface area contributed by atoms with Crippen molar-refractivity contribution in [3.05, 3.63) is 74.4 Å². The number of fused-ring (bicyclic) bond motifs is 1. The van der Waals surface area contributed by atoms with Crippen molar-refractivity contribution in [2.24, 2.45) is 0 Å². The van der Waals surface area contributed by atoms with E-state index < -0.39 is 0 Å². The van der Waals surface area contributed by atoms with Gasteiger partial charge in [-0.15, -0.1) is 0 Å². The number of aryl methyl sites for hydroxylation is 1. The minimum absolute atomic E-state index is 0.0928. The van der Waals surface area contributed by atoms with E-state index in [-0.39, 0.29) is 11.3 Å². The Morgan fingerprint density at radius 1 is 1.07 bits per heavy atom. The molecule has 0 atom stereocenters. The molecular weight excluding hydrogens is 402 g/mol. The molecule has 0 fully saturated rings. The van der Waals surface area contributed by atoms with Crippen LogP contribution in [0.3, 0.4) is 0 Å². The Hall–Kier alpha value is -1.82. The van der Waals surface area contributed by atoms with Crippen LogP contribution < -0.4 is 5.32 Å². The number of benzene rings is 2. The van der Waals surface area contributed by atoms with Crippen LogP contribution in [0.15, 0.2) is 57.7 Å². The second-order valence-corrected chi connectivity index (χ2v) is 10.3. The number of thiocarbonyl (C=S) groups is 1. The third-order valence-corrected chi connectivity index (χ3v) is 8.30. The zero-order valence-corrected chi connectivity index (χ0v) is 18.7. The molecule has 0 saturated carbocycles. The molecule has 142 valence electrons. The zero-order chi connectivity index (χ0) is 20.1. The summed E-state index contributed by atoms with van der Waals surface area (Å²) in [6.45, 7) is 7.96. The lowest BCUT2D eigenvalue weighted by Gasteiger charge is -2.37. The maximum atomic E-state index is 12.4. The molecule has 2 aromatic carbocycles. The highest BCUT2D eigenvalue weighted by Gasteiger charge is 2.38. The molecular formula is C23H21NOS3. The number of anilines is 1. The lowest BCUT2D eigenvalue weighted by molar-refractivity contribution is -0.112. The van der Waals surface area contributed by atoms with Crippen LogP contribution in [-0.2, 0) is 4.79 Å².